The molecule has 0 spiro atoms. The molecule has 1 atom stereocenters. The number of benzene rings is 4. The van der Waals surface area contributed by atoms with Gasteiger partial charge in [0.1, 0.15) is 5.82 Å². The lowest BCUT2D eigenvalue weighted by atomic mass is 9.62. The quantitative estimate of drug-likeness (QED) is 0.208. The summed E-state index contributed by atoms with van der Waals surface area (Å²) in [5, 5.41) is 0. The van der Waals surface area contributed by atoms with E-state index < -0.39 is 0 Å². The Morgan fingerprint density at radius 3 is 2.02 bits per heavy atom. The molecule has 4 nitrogen and oxygen atoms in total. The lowest BCUT2D eigenvalue weighted by molar-refractivity contribution is 0.228. The van der Waals surface area contributed by atoms with Crippen LogP contribution >= 0.6 is 0 Å². The average molecular weight is 587 g/mol. The molecule has 4 aromatic carbocycles. The molecule has 0 bridgehead atoms. The van der Waals surface area contributed by atoms with Crippen molar-refractivity contribution < 1.29 is 0 Å². The van der Waals surface area contributed by atoms with Crippen LogP contribution in [0, 0.1) is 31.8 Å². The maximum atomic E-state index is 8.10. The molecular formula is C41H38N4. The maximum absolute atomic E-state index is 8.10. The Labute approximate surface area is 266 Å². The number of nitrogens with zero attached hydrogens (tertiary/aromatic N) is 3. The first-order chi connectivity index (χ1) is 21.8. The van der Waals surface area contributed by atoms with E-state index in [1.807, 2.05) is 24.3 Å². The monoisotopic (exact) mass is 586 g/mol. The lowest BCUT2D eigenvalue weighted by Crippen LogP contribution is -2.31. The predicted octanol–water partition coefficient (Wildman–Crippen LogP) is 11.1. The third-order valence-corrected chi connectivity index (χ3v) is 9.49. The molecule has 222 valence electrons. The van der Waals surface area contributed by atoms with Crippen molar-refractivity contribution in [2.75, 3.05) is 4.90 Å². The van der Waals surface area contributed by atoms with Crippen LogP contribution in [0.15, 0.2) is 120 Å². The number of imidazole rings is 1. The molecular weight excluding hydrogens is 548 g/mol. The Morgan fingerprint density at radius 2 is 1.42 bits per heavy atom. The highest BCUT2D eigenvalue weighted by molar-refractivity contribution is 5.83. The highest BCUT2D eigenvalue weighted by atomic mass is 15.1. The molecule has 7 rings (SSSR count). The summed E-state index contributed by atoms with van der Waals surface area (Å²) in [5.41, 5.74) is 13.5. The Kier molecular flexibility index (Phi) is 7.26. The summed E-state index contributed by atoms with van der Waals surface area (Å²) in [5.74, 6) is 1.13. The molecule has 4 heteroatoms. The van der Waals surface area contributed by atoms with E-state index in [9.17, 15) is 0 Å². The van der Waals surface area contributed by atoms with E-state index in [0.717, 1.165) is 52.9 Å². The van der Waals surface area contributed by atoms with Crippen molar-refractivity contribution >= 4 is 39.4 Å². The summed E-state index contributed by atoms with van der Waals surface area (Å²) in [4.78, 5) is 14.5. The minimum absolute atomic E-state index is 0.0514. The highest BCUT2D eigenvalue weighted by Gasteiger charge is 2.38. The largest absolute Gasteiger partial charge is 0.347 e. The number of rotatable bonds is 5. The van der Waals surface area contributed by atoms with Crippen molar-refractivity contribution in [3.63, 3.8) is 0 Å². The summed E-state index contributed by atoms with van der Waals surface area (Å²) in [6.45, 7) is 17.1. The number of fused-ring (bicyclic) bond motifs is 2. The van der Waals surface area contributed by atoms with Gasteiger partial charge in [-0.2, -0.15) is 0 Å². The van der Waals surface area contributed by atoms with Crippen molar-refractivity contribution in [2.24, 2.45) is 11.3 Å². The molecule has 5 aromatic rings. The minimum Gasteiger partial charge on any atom is -0.347 e. The summed E-state index contributed by atoms with van der Waals surface area (Å²) < 4.78 is 0. The van der Waals surface area contributed by atoms with Gasteiger partial charge in [0.2, 0.25) is 5.70 Å². The van der Waals surface area contributed by atoms with Gasteiger partial charge in [-0.25, -0.2) is 9.83 Å². The van der Waals surface area contributed by atoms with E-state index in [1.54, 1.807) is 0 Å². The zero-order valence-corrected chi connectivity index (χ0v) is 26.4. The zero-order chi connectivity index (χ0) is 31.1. The first kappa shape index (κ1) is 28.6. The molecule has 1 aromatic heterocycles. The highest BCUT2D eigenvalue weighted by Crippen LogP contribution is 2.51. The van der Waals surface area contributed by atoms with E-state index in [0.29, 0.717) is 17.4 Å². The Morgan fingerprint density at radius 1 is 0.822 bits per heavy atom. The molecule has 0 saturated heterocycles. The first-order valence-electron chi connectivity index (χ1n) is 15.8. The molecule has 0 fully saturated rings. The van der Waals surface area contributed by atoms with Gasteiger partial charge < -0.3 is 9.88 Å². The molecule has 2 aliphatic carbocycles. The summed E-state index contributed by atoms with van der Waals surface area (Å²) in [6, 6.07) is 34.4. The van der Waals surface area contributed by atoms with E-state index in [2.05, 4.69) is 127 Å². The molecule has 0 saturated carbocycles. The van der Waals surface area contributed by atoms with Gasteiger partial charge in [-0.3, -0.25) is 0 Å². The Hall–Kier alpha value is -5.14. The van der Waals surface area contributed by atoms with Gasteiger partial charge in [0, 0.05) is 17.1 Å². The van der Waals surface area contributed by atoms with Crippen LogP contribution in [-0.4, -0.2) is 9.97 Å². The first-order valence-corrected chi connectivity index (χ1v) is 15.8. The van der Waals surface area contributed by atoms with Crippen LogP contribution in [-0.2, 0) is 0 Å². The molecule has 1 heterocycles. The molecule has 2 aliphatic rings. The maximum Gasteiger partial charge on any atom is 0.231 e. The number of aryl methyl sites for hydroxylation is 2. The fraction of sp³-hybridized carbons (Fsp3) is 0.220. The van der Waals surface area contributed by atoms with Gasteiger partial charge in [0.15, 0.2) is 0 Å². The van der Waals surface area contributed by atoms with Crippen LogP contribution in [0.1, 0.15) is 55.6 Å². The summed E-state index contributed by atoms with van der Waals surface area (Å²) in [7, 11) is 0. The predicted molar refractivity (Wildman–Crippen MR) is 187 cm³/mol. The third-order valence-electron chi connectivity index (χ3n) is 9.49. The van der Waals surface area contributed by atoms with Gasteiger partial charge in [0.05, 0.1) is 17.6 Å². The Balaban J connectivity index is 1.24. The topological polar surface area (TPSA) is 36.3 Å². The van der Waals surface area contributed by atoms with Gasteiger partial charge >= 0.3 is 0 Å². The van der Waals surface area contributed by atoms with E-state index in [4.69, 9.17) is 11.6 Å². The number of aromatic amines is 1. The van der Waals surface area contributed by atoms with E-state index in [-0.39, 0.29) is 5.41 Å². The SMILES string of the molecule is [C-]#[N+]/C(=C1\C=C2C=C(c3ccc(N(c4ccc(C)cc4)c4ccc(C)cc4)cc3)CCC2C(C)(C)C1)c1nc2ccccc2[nH]1. The van der Waals surface area contributed by atoms with Crippen LogP contribution < -0.4 is 4.90 Å². The number of hydrogen-bond donors (Lipinski definition) is 1. The van der Waals surface area contributed by atoms with Crippen molar-refractivity contribution in [2.45, 2.75) is 47.0 Å². The normalized spacial score (nSPS) is 18.4. The third kappa shape index (κ3) is 5.51. The minimum atomic E-state index is 0.0514. The molecule has 0 aliphatic heterocycles. The van der Waals surface area contributed by atoms with Crippen LogP contribution in [0.3, 0.4) is 0 Å². The number of allylic oxidation sites excluding steroid dienone is 5. The number of anilines is 3. The molecule has 45 heavy (non-hydrogen) atoms. The van der Waals surface area contributed by atoms with Gasteiger partial charge in [-0.1, -0.05) is 85.7 Å². The molecule has 1 N–H and O–H groups in total. The number of nitrogens with one attached hydrogen (secondary N) is 1. The number of hydrogen-bond acceptors (Lipinski definition) is 2. The van der Waals surface area contributed by atoms with E-state index >= 15 is 0 Å². The van der Waals surface area contributed by atoms with Gasteiger partial charge in [-0.05, 0) is 115 Å². The fourth-order valence-electron chi connectivity index (χ4n) is 7.07. The molecule has 0 radical (unpaired) electrons. The number of para-hydroxylation sites is 2. The van der Waals surface area contributed by atoms with E-state index in [1.165, 1.54) is 27.8 Å². The van der Waals surface area contributed by atoms with Crippen LogP contribution in [0.25, 0.3) is 27.1 Å². The van der Waals surface area contributed by atoms with Crippen molar-refractivity contribution in [1.29, 1.82) is 0 Å². The Bertz CT molecular complexity index is 1930. The standard InChI is InChI=1S/C41H38N4/c1-27-10-17-33(18-11-27)45(34-19-12-28(2)13-20-34)35-21-14-29(15-22-35)30-16-23-36-31(24-30)25-32(26-41(36,3)4)39(42-5)40-43-37-8-6-7-9-38(37)44-40/h6-15,17-22,24-25,36H,16,23,26H2,1-4H3,(H,43,44)/b39-32+. The van der Waals surface area contributed by atoms with Crippen LogP contribution in [0.5, 0.6) is 0 Å². The lowest BCUT2D eigenvalue weighted by Gasteiger charge is -2.42. The summed E-state index contributed by atoms with van der Waals surface area (Å²) in [6.07, 6.45) is 7.68. The smallest absolute Gasteiger partial charge is 0.231 e. The second-order valence-corrected chi connectivity index (χ2v) is 13.2. The average Bonchev–Trinajstić information content (AvgIpc) is 3.47. The molecule has 1 unspecified atom stereocenters. The van der Waals surface area contributed by atoms with Crippen LogP contribution in [0.4, 0.5) is 17.1 Å². The zero-order valence-electron chi connectivity index (χ0n) is 26.4. The summed E-state index contributed by atoms with van der Waals surface area (Å²) >= 11 is 0. The van der Waals surface area contributed by atoms with Crippen molar-refractivity contribution in [3.05, 3.63) is 154 Å². The van der Waals surface area contributed by atoms with Crippen LogP contribution in [0.2, 0.25) is 0 Å². The second kappa shape index (κ2) is 11.4. The van der Waals surface area contributed by atoms with Crippen molar-refractivity contribution in [1.82, 2.24) is 9.97 Å². The van der Waals surface area contributed by atoms with Crippen molar-refractivity contribution in [3.8, 4) is 0 Å². The molecule has 0 amide bonds. The number of aromatic nitrogens is 2. The fourth-order valence-corrected chi connectivity index (χ4v) is 7.07. The van der Waals surface area contributed by atoms with Gasteiger partial charge in [-0.15, -0.1) is 0 Å². The second-order valence-electron chi connectivity index (χ2n) is 13.2. The van der Waals surface area contributed by atoms with Gasteiger partial charge in [0.25, 0.3) is 0 Å². The number of H-pyrrole nitrogens is 1.